The Morgan fingerprint density at radius 1 is 1.21 bits per heavy atom. The average molecular weight is 371 g/mol. The first-order chi connectivity index (χ1) is 11.3. The SMILES string of the molecule is CCc1c(CC(=O)O)c(=O)c(C(=O)O)nn1-c1ccc(Cl)c(Cl)c1. The molecule has 2 rings (SSSR count). The van der Waals surface area contributed by atoms with E-state index in [1.54, 1.807) is 13.0 Å². The molecule has 2 N–H and O–H groups in total. The summed E-state index contributed by atoms with van der Waals surface area (Å²) < 4.78 is 1.21. The van der Waals surface area contributed by atoms with Gasteiger partial charge in [-0.15, -0.1) is 0 Å². The second kappa shape index (κ2) is 7.02. The molecule has 0 unspecified atom stereocenters. The summed E-state index contributed by atoms with van der Waals surface area (Å²) in [5, 5.41) is 22.6. The Labute approximate surface area is 146 Å². The van der Waals surface area contributed by atoms with E-state index in [-0.39, 0.29) is 17.0 Å². The molecule has 0 aliphatic heterocycles. The minimum Gasteiger partial charge on any atom is -0.481 e. The van der Waals surface area contributed by atoms with Crippen LogP contribution in [0.5, 0.6) is 0 Å². The number of benzene rings is 1. The van der Waals surface area contributed by atoms with Crippen LogP contribution < -0.4 is 5.43 Å². The standard InChI is InChI=1S/C15H12Cl2N2O5/c1-2-11-8(6-12(20)21)14(22)13(15(23)24)18-19(11)7-3-4-9(16)10(17)5-7/h3-5H,2,6H2,1H3,(H,20,21)(H,23,24). The third-order valence-electron chi connectivity index (χ3n) is 3.31. The summed E-state index contributed by atoms with van der Waals surface area (Å²) in [5.41, 5.74) is -1.11. The number of halogens is 2. The summed E-state index contributed by atoms with van der Waals surface area (Å²) in [6.07, 6.45) is -0.336. The first-order valence-electron chi connectivity index (χ1n) is 6.81. The van der Waals surface area contributed by atoms with Gasteiger partial charge < -0.3 is 10.2 Å². The maximum absolute atomic E-state index is 12.3. The maximum Gasteiger partial charge on any atom is 0.360 e. The van der Waals surface area contributed by atoms with Crippen LogP contribution in [0.15, 0.2) is 23.0 Å². The number of nitrogens with zero attached hydrogens (tertiary/aromatic N) is 2. The highest BCUT2D eigenvalue weighted by Gasteiger charge is 2.23. The molecule has 1 aromatic heterocycles. The second-order valence-electron chi connectivity index (χ2n) is 4.84. The van der Waals surface area contributed by atoms with Crippen molar-refractivity contribution in [1.82, 2.24) is 9.78 Å². The van der Waals surface area contributed by atoms with E-state index in [2.05, 4.69) is 5.10 Å². The van der Waals surface area contributed by atoms with Crippen molar-refractivity contribution in [1.29, 1.82) is 0 Å². The molecule has 9 heteroatoms. The minimum atomic E-state index is -1.54. The lowest BCUT2D eigenvalue weighted by atomic mass is 10.1. The van der Waals surface area contributed by atoms with E-state index in [9.17, 15) is 19.5 Å². The van der Waals surface area contributed by atoms with Crippen molar-refractivity contribution in [3.8, 4) is 5.69 Å². The molecule has 0 radical (unpaired) electrons. The molecule has 2 aromatic rings. The number of rotatable bonds is 5. The number of carboxylic acids is 2. The molecule has 0 atom stereocenters. The first-order valence-corrected chi connectivity index (χ1v) is 7.57. The van der Waals surface area contributed by atoms with Gasteiger partial charge in [0.1, 0.15) is 0 Å². The van der Waals surface area contributed by atoms with Crippen molar-refractivity contribution in [3.63, 3.8) is 0 Å². The summed E-state index contributed by atoms with van der Waals surface area (Å²) in [7, 11) is 0. The summed E-state index contributed by atoms with van der Waals surface area (Å²) >= 11 is 11.8. The first kappa shape index (κ1) is 18.0. The van der Waals surface area contributed by atoms with Crippen molar-refractivity contribution >= 4 is 35.1 Å². The predicted octanol–water partition coefficient (Wildman–Crippen LogP) is 2.43. The third kappa shape index (κ3) is 3.42. The van der Waals surface area contributed by atoms with Crippen LogP contribution in [0, 0.1) is 0 Å². The van der Waals surface area contributed by atoms with Gasteiger partial charge in [0.25, 0.3) is 0 Å². The molecule has 0 aliphatic carbocycles. The Hall–Kier alpha value is -2.38. The summed E-state index contributed by atoms with van der Waals surface area (Å²) in [5.74, 6) is -2.78. The van der Waals surface area contributed by atoms with Crippen molar-refractivity contribution in [3.05, 3.63) is 55.4 Å². The van der Waals surface area contributed by atoms with Crippen LogP contribution >= 0.6 is 23.2 Å². The van der Waals surface area contributed by atoms with Gasteiger partial charge >= 0.3 is 11.9 Å². The van der Waals surface area contributed by atoms with E-state index in [1.807, 2.05) is 0 Å². The molecule has 0 saturated carbocycles. The monoisotopic (exact) mass is 370 g/mol. The van der Waals surface area contributed by atoms with Crippen molar-refractivity contribution in [2.45, 2.75) is 19.8 Å². The molecule has 126 valence electrons. The molecule has 0 saturated heterocycles. The summed E-state index contributed by atoms with van der Waals surface area (Å²) in [4.78, 5) is 34.6. The van der Waals surface area contributed by atoms with Gasteiger partial charge in [-0.25, -0.2) is 9.48 Å². The molecule has 0 amide bonds. The van der Waals surface area contributed by atoms with Gasteiger partial charge in [-0.05, 0) is 24.6 Å². The predicted molar refractivity (Wildman–Crippen MR) is 87.5 cm³/mol. The van der Waals surface area contributed by atoms with Crippen LogP contribution in [-0.2, 0) is 17.6 Å². The molecule has 1 aromatic carbocycles. The Bertz CT molecular complexity index is 892. The number of carbonyl (C=O) groups is 2. The quantitative estimate of drug-likeness (QED) is 0.836. The van der Waals surface area contributed by atoms with Gasteiger partial charge in [0.05, 0.1) is 27.8 Å². The van der Waals surface area contributed by atoms with Crippen molar-refractivity contribution in [2.75, 3.05) is 0 Å². The Morgan fingerprint density at radius 2 is 1.88 bits per heavy atom. The van der Waals surface area contributed by atoms with E-state index in [1.165, 1.54) is 16.8 Å². The zero-order valence-corrected chi connectivity index (χ0v) is 13.9. The average Bonchev–Trinajstić information content (AvgIpc) is 2.51. The molecule has 0 aliphatic rings. The van der Waals surface area contributed by atoms with E-state index in [0.29, 0.717) is 16.4 Å². The van der Waals surface area contributed by atoms with Gasteiger partial charge in [-0.2, -0.15) is 5.10 Å². The molecular weight excluding hydrogens is 359 g/mol. The Kier molecular flexibility index (Phi) is 5.26. The van der Waals surface area contributed by atoms with Crippen LogP contribution in [0.2, 0.25) is 10.0 Å². The van der Waals surface area contributed by atoms with Gasteiger partial charge in [0.15, 0.2) is 0 Å². The van der Waals surface area contributed by atoms with E-state index >= 15 is 0 Å². The largest absolute Gasteiger partial charge is 0.481 e. The molecular formula is C15H12Cl2N2O5. The lowest BCUT2D eigenvalue weighted by Gasteiger charge is -2.16. The van der Waals surface area contributed by atoms with Gasteiger partial charge in [0, 0.05) is 5.56 Å². The molecule has 0 fully saturated rings. The summed E-state index contributed by atoms with van der Waals surface area (Å²) in [6.45, 7) is 1.70. The number of aliphatic carboxylic acids is 1. The third-order valence-corrected chi connectivity index (χ3v) is 4.05. The van der Waals surface area contributed by atoms with Crippen LogP contribution in [0.1, 0.15) is 28.7 Å². The summed E-state index contributed by atoms with van der Waals surface area (Å²) in [6, 6.07) is 4.49. The van der Waals surface area contributed by atoms with Gasteiger partial charge in [-0.1, -0.05) is 30.1 Å². The highest BCUT2D eigenvalue weighted by Crippen LogP contribution is 2.25. The van der Waals surface area contributed by atoms with Crippen molar-refractivity contribution < 1.29 is 19.8 Å². The fourth-order valence-electron chi connectivity index (χ4n) is 2.27. The number of hydrogen-bond donors (Lipinski definition) is 2. The molecule has 1 heterocycles. The van der Waals surface area contributed by atoms with Crippen LogP contribution in [0.4, 0.5) is 0 Å². The Morgan fingerprint density at radius 3 is 2.38 bits per heavy atom. The fourth-order valence-corrected chi connectivity index (χ4v) is 2.57. The number of hydrogen-bond acceptors (Lipinski definition) is 4. The topological polar surface area (TPSA) is 109 Å². The maximum atomic E-state index is 12.3. The van der Waals surface area contributed by atoms with Crippen LogP contribution in [0.3, 0.4) is 0 Å². The number of aromatic carboxylic acids is 1. The number of carboxylic acid groups (broad SMARTS) is 2. The lowest BCUT2D eigenvalue weighted by molar-refractivity contribution is -0.136. The zero-order chi connectivity index (χ0) is 18.0. The molecule has 7 nitrogen and oxygen atoms in total. The van der Waals surface area contributed by atoms with E-state index < -0.39 is 29.5 Å². The lowest BCUT2D eigenvalue weighted by Crippen LogP contribution is -2.29. The highest BCUT2D eigenvalue weighted by atomic mass is 35.5. The van der Waals surface area contributed by atoms with Gasteiger partial charge in [0.2, 0.25) is 11.1 Å². The Balaban J connectivity index is 2.85. The highest BCUT2D eigenvalue weighted by molar-refractivity contribution is 6.42. The normalized spacial score (nSPS) is 10.6. The van der Waals surface area contributed by atoms with E-state index in [0.717, 1.165) is 0 Å². The number of aromatic nitrogens is 2. The smallest absolute Gasteiger partial charge is 0.360 e. The van der Waals surface area contributed by atoms with Crippen LogP contribution in [-0.4, -0.2) is 31.9 Å². The molecule has 0 bridgehead atoms. The van der Waals surface area contributed by atoms with Crippen molar-refractivity contribution in [2.24, 2.45) is 0 Å². The second-order valence-corrected chi connectivity index (χ2v) is 5.66. The fraction of sp³-hybridized carbons (Fsp3) is 0.200. The van der Waals surface area contributed by atoms with Gasteiger partial charge in [-0.3, -0.25) is 9.59 Å². The zero-order valence-electron chi connectivity index (χ0n) is 12.4. The molecule has 0 spiro atoms. The van der Waals surface area contributed by atoms with E-state index in [4.69, 9.17) is 28.3 Å². The minimum absolute atomic E-state index is 0.122. The molecule has 24 heavy (non-hydrogen) atoms. The van der Waals surface area contributed by atoms with Crippen LogP contribution in [0.25, 0.3) is 5.69 Å².